The van der Waals surface area contributed by atoms with Crippen LogP contribution in [0.15, 0.2) is 42.6 Å². The van der Waals surface area contributed by atoms with Crippen molar-refractivity contribution in [2.45, 2.75) is 6.10 Å². The molecule has 1 aliphatic heterocycles. The number of esters is 1. The molecule has 0 amide bonds. The second-order valence-corrected chi connectivity index (χ2v) is 6.26. The number of benzene rings is 1. The predicted molar refractivity (Wildman–Crippen MR) is 85.2 cm³/mol. The number of fused-ring (bicyclic) bond motifs is 1. The maximum Gasteiger partial charge on any atom is 0.357 e. The van der Waals surface area contributed by atoms with E-state index in [0.29, 0.717) is 18.8 Å². The van der Waals surface area contributed by atoms with Crippen molar-refractivity contribution in [3.63, 3.8) is 0 Å². The Labute approximate surface area is 135 Å². The van der Waals surface area contributed by atoms with Crippen LogP contribution in [0, 0.1) is 5.82 Å². The maximum absolute atomic E-state index is 13.2. The number of ether oxygens (including phenoxy) is 1. The molecule has 0 aliphatic carbocycles. The Morgan fingerprint density at radius 1 is 1.30 bits per heavy atom. The highest BCUT2D eigenvalue weighted by atomic mass is 32.1. The molecule has 23 heavy (non-hydrogen) atoms. The van der Waals surface area contributed by atoms with Crippen molar-refractivity contribution in [2.24, 2.45) is 0 Å². The summed E-state index contributed by atoms with van der Waals surface area (Å²) in [6.07, 6.45) is 1.39. The number of pyridine rings is 1. The number of aromatic nitrogens is 2. The number of nitrogens with zero attached hydrogens (tertiary/aromatic N) is 3. The zero-order valence-electron chi connectivity index (χ0n) is 12.0. The molecule has 1 fully saturated rings. The highest BCUT2D eigenvalue weighted by molar-refractivity contribution is 7.22. The van der Waals surface area contributed by atoms with Crippen LogP contribution in [-0.4, -0.2) is 35.1 Å². The first kappa shape index (κ1) is 14.1. The van der Waals surface area contributed by atoms with Crippen LogP contribution in [0.2, 0.25) is 0 Å². The number of thiazole rings is 1. The Morgan fingerprint density at radius 2 is 2.17 bits per heavy atom. The summed E-state index contributed by atoms with van der Waals surface area (Å²) < 4.78 is 19.4. The van der Waals surface area contributed by atoms with Crippen molar-refractivity contribution in [3.05, 3.63) is 54.1 Å². The first-order chi connectivity index (χ1) is 11.2. The van der Waals surface area contributed by atoms with Crippen LogP contribution in [0.25, 0.3) is 10.2 Å². The Kier molecular flexibility index (Phi) is 3.42. The molecule has 2 aromatic heterocycles. The van der Waals surface area contributed by atoms with Gasteiger partial charge in [0.15, 0.2) is 5.13 Å². The van der Waals surface area contributed by atoms with Crippen molar-refractivity contribution in [1.82, 2.24) is 9.97 Å². The normalized spacial score (nSPS) is 14.7. The van der Waals surface area contributed by atoms with Crippen molar-refractivity contribution in [1.29, 1.82) is 0 Å². The van der Waals surface area contributed by atoms with Crippen LogP contribution in [0.4, 0.5) is 9.52 Å². The lowest BCUT2D eigenvalue weighted by molar-refractivity contribution is 0.0227. The molecule has 4 rings (SSSR count). The number of anilines is 1. The maximum atomic E-state index is 13.2. The van der Waals surface area contributed by atoms with E-state index >= 15 is 0 Å². The fourth-order valence-electron chi connectivity index (χ4n) is 2.39. The van der Waals surface area contributed by atoms with Gasteiger partial charge >= 0.3 is 5.97 Å². The van der Waals surface area contributed by atoms with Gasteiger partial charge in [0.1, 0.15) is 17.6 Å². The van der Waals surface area contributed by atoms with Crippen LogP contribution in [0.5, 0.6) is 0 Å². The SMILES string of the molecule is O=C(OC1CN(c2nc3ccc(F)cc3s2)C1)c1ccccn1. The van der Waals surface area contributed by atoms with Crippen LogP contribution in [0.3, 0.4) is 0 Å². The summed E-state index contributed by atoms with van der Waals surface area (Å²) in [7, 11) is 0. The van der Waals surface area contributed by atoms with Crippen LogP contribution < -0.4 is 4.90 Å². The Bertz CT molecular complexity index is 862. The number of carbonyl (C=O) groups is 1. The highest BCUT2D eigenvalue weighted by Crippen LogP contribution is 2.32. The lowest BCUT2D eigenvalue weighted by Crippen LogP contribution is -2.53. The van der Waals surface area contributed by atoms with Crippen molar-refractivity contribution in [3.8, 4) is 0 Å². The minimum atomic E-state index is -0.415. The molecule has 1 aliphatic rings. The number of hydrogen-bond donors (Lipinski definition) is 0. The van der Waals surface area contributed by atoms with Gasteiger partial charge in [0.25, 0.3) is 0 Å². The molecule has 0 saturated carbocycles. The Balaban J connectivity index is 1.40. The first-order valence-corrected chi connectivity index (χ1v) is 7.94. The summed E-state index contributed by atoms with van der Waals surface area (Å²) in [5.41, 5.74) is 1.08. The minimum Gasteiger partial charge on any atom is -0.454 e. The van der Waals surface area contributed by atoms with Gasteiger partial charge in [-0.05, 0) is 30.3 Å². The van der Waals surface area contributed by atoms with Gasteiger partial charge in [-0.3, -0.25) is 0 Å². The third-order valence-electron chi connectivity index (χ3n) is 3.61. The van der Waals surface area contributed by atoms with Crippen molar-refractivity contribution in [2.75, 3.05) is 18.0 Å². The summed E-state index contributed by atoms with van der Waals surface area (Å²) in [4.78, 5) is 22.4. The molecule has 0 atom stereocenters. The molecule has 116 valence electrons. The van der Waals surface area contributed by atoms with E-state index in [-0.39, 0.29) is 11.9 Å². The molecule has 0 bridgehead atoms. The molecular formula is C16H12FN3O2S. The van der Waals surface area contributed by atoms with E-state index in [0.717, 1.165) is 15.3 Å². The second kappa shape index (κ2) is 5.58. The molecular weight excluding hydrogens is 317 g/mol. The average Bonchev–Trinajstić information content (AvgIpc) is 2.93. The van der Waals surface area contributed by atoms with Gasteiger partial charge in [0.05, 0.1) is 23.3 Å². The van der Waals surface area contributed by atoms with Crippen LogP contribution in [-0.2, 0) is 4.74 Å². The summed E-state index contributed by atoms with van der Waals surface area (Å²) in [5, 5.41) is 0.815. The third-order valence-corrected chi connectivity index (χ3v) is 4.68. The smallest absolute Gasteiger partial charge is 0.357 e. The van der Waals surface area contributed by atoms with Crippen LogP contribution in [0.1, 0.15) is 10.5 Å². The van der Waals surface area contributed by atoms with Gasteiger partial charge < -0.3 is 9.64 Å². The summed E-state index contributed by atoms with van der Waals surface area (Å²) in [6.45, 7) is 1.17. The van der Waals surface area contributed by atoms with Gasteiger partial charge in [-0.15, -0.1) is 0 Å². The summed E-state index contributed by atoms with van der Waals surface area (Å²) in [5.74, 6) is -0.680. The topological polar surface area (TPSA) is 55.3 Å². The standard InChI is InChI=1S/C16H12FN3O2S/c17-10-4-5-12-14(7-10)23-16(19-12)20-8-11(9-20)22-15(21)13-3-1-2-6-18-13/h1-7,11H,8-9H2. The molecule has 5 nitrogen and oxygen atoms in total. The largest absolute Gasteiger partial charge is 0.454 e. The molecule has 0 N–H and O–H groups in total. The molecule has 7 heteroatoms. The number of halogens is 1. The fourth-order valence-corrected chi connectivity index (χ4v) is 3.39. The van der Waals surface area contributed by atoms with E-state index in [4.69, 9.17) is 4.74 Å². The minimum absolute atomic E-state index is 0.173. The zero-order chi connectivity index (χ0) is 15.8. The van der Waals surface area contributed by atoms with E-state index in [1.165, 1.54) is 23.5 Å². The second-order valence-electron chi connectivity index (χ2n) is 5.26. The van der Waals surface area contributed by atoms with E-state index in [2.05, 4.69) is 9.97 Å². The molecule has 0 radical (unpaired) electrons. The zero-order valence-corrected chi connectivity index (χ0v) is 12.8. The summed E-state index contributed by atoms with van der Waals surface area (Å²) in [6, 6.07) is 9.67. The first-order valence-electron chi connectivity index (χ1n) is 7.12. The average molecular weight is 329 g/mol. The molecule has 1 aromatic carbocycles. The van der Waals surface area contributed by atoms with E-state index in [1.807, 2.05) is 4.90 Å². The van der Waals surface area contributed by atoms with Crippen molar-refractivity contribution < 1.29 is 13.9 Å². The van der Waals surface area contributed by atoms with E-state index in [1.54, 1.807) is 30.5 Å². The Morgan fingerprint density at radius 3 is 2.96 bits per heavy atom. The quantitative estimate of drug-likeness (QED) is 0.692. The number of rotatable bonds is 3. The van der Waals surface area contributed by atoms with Crippen molar-refractivity contribution >= 4 is 32.7 Å². The predicted octanol–water partition coefficient (Wildman–Crippen LogP) is 2.88. The lowest BCUT2D eigenvalue weighted by atomic mass is 10.2. The third kappa shape index (κ3) is 2.75. The molecule has 0 unspecified atom stereocenters. The molecule has 3 heterocycles. The molecule has 3 aromatic rings. The molecule has 0 spiro atoms. The highest BCUT2D eigenvalue weighted by Gasteiger charge is 2.32. The number of carbonyl (C=O) groups excluding carboxylic acids is 1. The molecule has 1 saturated heterocycles. The van der Waals surface area contributed by atoms with Gasteiger partial charge in [-0.25, -0.2) is 19.2 Å². The van der Waals surface area contributed by atoms with E-state index < -0.39 is 5.97 Å². The number of hydrogen-bond acceptors (Lipinski definition) is 6. The summed E-state index contributed by atoms with van der Waals surface area (Å²) >= 11 is 1.43. The van der Waals surface area contributed by atoms with Gasteiger partial charge in [-0.1, -0.05) is 17.4 Å². The monoisotopic (exact) mass is 329 g/mol. The van der Waals surface area contributed by atoms with E-state index in [9.17, 15) is 9.18 Å². The van der Waals surface area contributed by atoms with Gasteiger partial charge in [0, 0.05) is 6.20 Å². The Hall–Kier alpha value is -2.54. The van der Waals surface area contributed by atoms with Gasteiger partial charge in [0.2, 0.25) is 0 Å². The van der Waals surface area contributed by atoms with Crippen LogP contribution >= 0.6 is 11.3 Å². The van der Waals surface area contributed by atoms with Gasteiger partial charge in [-0.2, -0.15) is 0 Å². The lowest BCUT2D eigenvalue weighted by Gasteiger charge is -2.38. The fraction of sp³-hybridized carbons (Fsp3) is 0.188.